The van der Waals surface area contributed by atoms with Crippen LogP contribution >= 0.6 is 15.9 Å². The van der Waals surface area contributed by atoms with E-state index in [9.17, 15) is 9.59 Å². The summed E-state index contributed by atoms with van der Waals surface area (Å²) >= 11 is 3.54. The standard InChI is InChI=1S/C22H20BrNO4/c1-3-27-22(26)16-9-6-10-18(14(16)2)24-20(25)13-28-19-12-11-15-7-4-5-8-17(15)21(19)23/h4-12H,3,13H2,1-2H3,(H,24,25). The second-order valence-electron chi connectivity index (χ2n) is 6.13. The highest BCUT2D eigenvalue weighted by atomic mass is 79.9. The number of carbonyl (C=O) groups excluding carboxylic acids is 2. The normalized spacial score (nSPS) is 10.5. The zero-order valence-corrected chi connectivity index (χ0v) is 17.2. The fourth-order valence-corrected chi connectivity index (χ4v) is 3.46. The number of amides is 1. The predicted molar refractivity (Wildman–Crippen MR) is 113 cm³/mol. The average molecular weight is 442 g/mol. The Morgan fingerprint density at radius 2 is 1.82 bits per heavy atom. The number of halogens is 1. The van der Waals surface area contributed by atoms with E-state index < -0.39 is 5.97 Å². The fourth-order valence-electron chi connectivity index (χ4n) is 2.86. The lowest BCUT2D eigenvalue weighted by Gasteiger charge is -2.13. The third kappa shape index (κ3) is 4.34. The van der Waals surface area contributed by atoms with Crippen LogP contribution in [0, 0.1) is 6.92 Å². The Labute approximate surface area is 171 Å². The highest BCUT2D eigenvalue weighted by molar-refractivity contribution is 9.10. The summed E-state index contributed by atoms with van der Waals surface area (Å²) in [6.45, 7) is 3.66. The van der Waals surface area contributed by atoms with Crippen LogP contribution in [0.15, 0.2) is 59.1 Å². The molecule has 6 heteroatoms. The summed E-state index contributed by atoms with van der Waals surface area (Å²) in [5.74, 6) is -0.137. The van der Waals surface area contributed by atoms with E-state index in [1.807, 2.05) is 36.4 Å². The van der Waals surface area contributed by atoms with Gasteiger partial charge in [0.2, 0.25) is 0 Å². The summed E-state index contributed by atoms with van der Waals surface area (Å²) in [6.07, 6.45) is 0. The van der Waals surface area contributed by atoms with Crippen molar-refractivity contribution in [1.82, 2.24) is 0 Å². The zero-order valence-electron chi connectivity index (χ0n) is 15.6. The smallest absolute Gasteiger partial charge is 0.338 e. The Bertz CT molecular complexity index is 1030. The van der Waals surface area contributed by atoms with Crippen molar-refractivity contribution in [3.05, 3.63) is 70.2 Å². The minimum Gasteiger partial charge on any atom is -0.483 e. The van der Waals surface area contributed by atoms with Crippen molar-refractivity contribution in [2.24, 2.45) is 0 Å². The van der Waals surface area contributed by atoms with Gasteiger partial charge >= 0.3 is 5.97 Å². The lowest BCUT2D eigenvalue weighted by molar-refractivity contribution is -0.118. The monoisotopic (exact) mass is 441 g/mol. The molecular formula is C22H20BrNO4. The number of nitrogens with one attached hydrogen (secondary N) is 1. The number of hydrogen-bond donors (Lipinski definition) is 1. The van der Waals surface area contributed by atoms with E-state index >= 15 is 0 Å². The number of anilines is 1. The number of hydrogen-bond acceptors (Lipinski definition) is 4. The molecule has 0 bridgehead atoms. The second kappa shape index (κ2) is 8.89. The van der Waals surface area contributed by atoms with E-state index in [1.54, 1.807) is 32.0 Å². The summed E-state index contributed by atoms with van der Waals surface area (Å²) in [5.41, 5.74) is 1.63. The van der Waals surface area contributed by atoms with Gasteiger partial charge in [-0.15, -0.1) is 0 Å². The quantitative estimate of drug-likeness (QED) is 0.540. The van der Waals surface area contributed by atoms with Crippen molar-refractivity contribution in [2.75, 3.05) is 18.5 Å². The molecule has 144 valence electrons. The molecule has 0 radical (unpaired) electrons. The number of ether oxygens (including phenoxy) is 2. The molecule has 0 aliphatic heterocycles. The lowest BCUT2D eigenvalue weighted by Crippen LogP contribution is -2.21. The fraction of sp³-hybridized carbons (Fsp3) is 0.182. The molecule has 28 heavy (non-hydrogen) atoms. The van der Waals surface area contributed by atoms with Gasteiger partial charge in [-0.2, -0.15) is 0 Å². The Balaban J connectivity index is 1.69. The van der Waals surface area contributed by atoms with E-state index in [0.29, 0.717) is 29.2 Å². The van der Waals surface area contributed by atoms with Crippen molar-refractivity contribution in [3.63, 3.8) is 0 Å². The molecular weight excluding hydrogens is 422 g/mol. The predicted octanol–water partition coefficient (Wildman–Crippen LogP) is 5.10. The van der Waals surface area contributed by atoms with Crippen LogP contribution in [0.5, 0.6) is 5.75 Å². The van der Waals surface area contributed by atoms with Gasteiger partial charge in [-0.25, -0.2) is 4.79 Å². The molecule has 1 amide bonds. The largest absolute Gasteiger partial charge is 0.483 e. The molecule has 3 aromatic carbocycles. The maximum absolute atomic E-state index is 12.4. The van der Waals surface area contributed by atoms with E-state index in [0.717, 1.165) is 15.2 Å². The Kier molecular flexibility index (Phi) is 6.31. The summed E-state index contributed by atoms with van der Waals surface area (Å²) < 4.78 is 11.5. The maximum atomic E-state index is 12.4. The van der Waals surface area contributed by atoms with Crippen LogP contribution in [0.3, 0.4) is 0 Å². The first-order valence-electron chi connectivity index (χ1n) is 8.88. The molecule has 1 N–H and O–H groups in total. The van der Waals surface area contributed by atoms with Gasteiger partial charge in [0.05, 0.1) is 16.6 Å². The Morgan fingerprint density at radius 1 is 1.04 bits per heavy atom. The van der Waals surface area contributed by atoms with Crippen molar-refractivity contribution in [3.8, 4) is 5.75 Å². The molecule has 0 unspecified atom stereocenters. The van der Waals surface area contributed by atoms with Crippen molar-refractivity contribution < 1.29 is 19.1 Å². The highest BCUT2D eigenvalue weighted by Crippen LogP contribution is 2.33. The van der Waals surface area contributed by atoms with Crippen LogP contribution < -0.4 is 10.1 Å². The summed E-state index contributed by atoms with van der Waals surface area (Å²) in [7, 11) is 0. The number of benzene rings is 3. The van der Waals surface area contributed by atoms with Crippen LogP contribution in [0.4, 0.5) is 5.69 Å². The van der Waals surface area contributed by atoms with Gasteiger partial charge in [0.15, 0.2) is 6.61 Å². The summed E-state index contributed by atoms with van der Waals surface area (Å²) in [4.78, 5) is 24.3. The van der Waals surface area contributed by atoms with Gasteiger partial charge in [0, 0.05) is 5.69 Å². The Morgan fingerprint density at radius 3 is 2.61 bits per heavy atom. The average Bonchev–Trinajstić information content (AvgIpc) is 2.69. The first kappa shape index (κ1) is 19.9. The second-order valence-corrected chi connectivity index (χ2v) is 6.93. The van der Waals surface area contributed by atoms with Crippen LogP contribution in [-0.4, -0.2) is 25.1 Å². The number of esters is 1. The minimum absolute atomic E-state index is 0.153. The van der Waals surface area contributed by atoms with Crippen LogP contribution in [0.1, 0.15) is 22.8 Å². The van der Waals surface area contributed by atoms with Crippen LogP contribution in [0.25, 0.3) is 10.8 Å². The van der Waals surface area contributed by atoms with Crippen molar-refractivity contribution in [2.45, 2.75) is 13.8 Å². The molecule has 0 saturated carbocycles. The zero-order chi connectivity index (χ0) is 20.1. The van der Waals surface area contributed by atoms with E-state index in [1.165, 1.54) is 0 Å². The van der Waals surface area contributed by atoms with Crippen LogP contribution in [-0.2, 0) is 9.53 Å². The maximum Gasteiger partial charge on any atom is 0.338 e. The third-order valence-electron chi connectivity index (χ3n) is 4.29. The lowest BCUT2D eigenvalue weighted by atomic mass is 10.1. The molecule has 0 heterocycles. The molecule has 0 fully saturated rings. The molecule has 3 aromatic rings. The molecule has 0 saturated heterocycles. The number of fused-ring (bicyclic) bond motifs is 1. The molecule has 0 aromatic heterocycles. The van der Waals surface area contributed by atoms with Gasteiger partial charge in [0.25, 0.3) is 5.91 Å². The summed E-state index contributed by atoms with van der Waals surface area (Å²) in [6, 6.07) is 16.8. The van der Waals surface area contributed by atoms with Gasteiger partial charge < -0.3 is 14.8 Å². The highest BCUT2D eigenvalue weighted by Gasteiger charge is 2.15. The molecule has 5 nitrogen and oxygen atoms in total. The number of rotatable bonds is 6. The minimum atomic E-state index is -0.410. The first-order valence-corrected chi connectivity index (χ1v) is 9.67. The van der Waals surface area contributed by atoms with Crippen molar-refractivity contribution in [1.29, 1.82) is 0 Å². The molecule has 0 atom stereocenters. The summed E-state index contributed by atoms with van der Waals surface area (Å²) in [5, 5.41) is 4.88. The first-order chi connectivity index (χ1) is 13.5. The number of carbonyl (C=O) groups is 2. The topological polar surface area (TPSA) is 64.6 Å². The molecule has 0 aliphatic rings. The van der Waals surface area contributed by atoms with Gasteiger partial charge in [0.1, 0.15) is 5.75 Å². The van der Waals surface area contributed by atoms with E-state index in [4.69, 9.17) is 9.47 Å². The Hall–Kier alpha value is -2.86. The van der Waals surface area contributed by atoms with Gasteiger partial charge in [-0.1, -0.05) is 36.4 Å². The SMILES string of the molecule is CCOC(=O)c1cccc(NC(=O)COc2ccc3ccccc3c2Br)c1C. The van der Waals surface area contributed by atoms with Crippen molar-refractivity contribution >= 4 is 44.3 Å². The van der Waals surface area contributed by atoms with Gasteiger partial charge in [-0.3, -0.25) is 4.79 Å². The van der Waals surface area contributed by atoms with E-state index in [-0.39, 0.29) is 12.5 Å². The molecule has 0 aliphatic carbocycles. The molecule has 3 rings (SSSR count). The molecule has 0 spiro atoms. The van der Waals surface area contributed by atoms with Gasteiger partial charge in [-0.05, 0) is 64.3 Å². The third-order valence-corrected chi connectivity index (χ3v) is 5.11. The van der Waals surface area contributed by atoms with E-state index in [2.05, 4.69) is 21.2 Å². The van der Waals surface area contributed by atoms with Crippen LogP contribution in [0.2, 0.25) is 0 Å².